The molecular formula is C12H20N6. The summed E-state index contributed by atoms with van der Waals surface area (Å²) in [6, 6.07) is 0. The lowest BCUT2D eigenvalue weighted by molar-refractivity contribution is 0.603. The van der Waals surface area contributed by atoms with Gasteiger partial charge in [0.05, 0.1) is 6.20 Å². The van der Waals surface area contributed by atoms with Gasteiger partial charge in [0, 0.05) is 24.7 Å². The molecule has 2 rings (SSSR count). The minimum absolute atomic E-state index is 0.495. The van der Waals surface area contributed by atoms with Gasteiger partial charge in [0.15, 0.2) is 5.82 Å². The molecule has 0 radical (unpaired) electrons. The number of rotatable bonds is 5. The number of nitrogens with zero attached hydrogens (tertiary/aromatic N) is 4. The van der Waals surface area contributed by atoms with Crippen LogP contribution in [0, 0.1) is 0 Å². The van der Waals surface area contributed by atoms with Crippen molar-refractivity contribution in [3.63, 3.8) is 0 Å². The number of anilines is 1. The van der Waals surface area contributed by atoms with Crippen LogP contribution in [0.25, 0.3) is 11.3 Å². The van der Waals surface area contributed by atoms with E-state index in [-0.39, 0.29) is 0 Å². The van der Waals surface area contributed by atoms with Gasteiger partial charge >= 0.3 is 0 Å². The Hall–Kier alpha value is -1.98. The summed E-state index contributed by atoms with van der Waals surface area (Å²) in [4.78, 5) is 4.50. The third kappa shape index (κ3) is 2.18. The fourth-order valence-electron chi connectivity index (χ4n) is 1.94. The molecule has 0 saturated carbocycles. The van der Waals surface area contributed by atoms with Gasteiger partial charge < -0.3 is 11.6 Å². The number of hydrogen-bond donors (Lipinski definition) is 2. The van der Waals surface area contributed by atoms with Crippen LogP contribution in [0.15, 0.2) is 12.4 Å². The summed E-state index contributed by atoms with van der Waals surface area (Å²) < 4.78 is 3.36. The van der Waals surface area contributed by atoms with Crippen LogP contribution in [-0.4, -0.2) is 19.4 Å². The summed E-state index contributed by atoms with van der Waals surface area (Å²) in [6.45, 7) is 5.10. The quantitative estimate of drug-likeness (QED) is 0.783. The zero-order valence-electron chi connectivity index (χ0n) is 10.9. The van der Waals surface area contributed by atoms with Gasteiger partial charge in [-0.05, 0) is 12.8 Å². The number of nitrogen functional groups attached to an aromatic ring is 2. The summed E-state index contributed by atoms with van der Waals surface area (Å²) in [6.07, 6.45) is 6.59. The van der Waals surface area contributed by atoms with Gasteiger partial charge in [-0.25, -0.2) is 9.66 Å². The van der Waals surface area contributed by atoms with E-state index in [1.54, 1.807) is 6.20 Å². The third-order valence-corrected chi connectivity index (χ3v) is 2.85. The van der Waals surface area contributed by atoms with E-state index < -0.39 is 0 Å². The van der Waals surface area contributed by atoms with Crippen molar-refractivity contribution in [1.29, 1.82) is 0 Å². The Morgan fingerprint density at radius 1 is 1.28 bits per heavy atom. The van der Waals surface area contributed by atoms with Crippen molar-refractivity contribution in [2.45, 2.75) is 39.7 Å². The molecule has 0 fully saturated rings. The largest absolute Gasteiger partial charge is 0.382 e. The van der Waals surface area contributed by atoms with Crippen LogP contribution in [0.5, 0.6) is 0 Å². The predicted octanol–water partition coefficient (Wildman–Crippen LogP) is 1.41. The summed E-state index contributed by atoms with van der Waals surface area (Å²) in [5.41, 5.74) is 7.63. The second-order valence-corrected chi connectivity index (χ2v) is 4.37. The third-order valence-electron chi connectivity index (χ3n) is 2.85. The van der Waals surface area contributed by atoms with Gasteiger partial charge in [0.1, 0.15) is 11.5 Å². The average molecular weight is 248 g/mol. The smallest absolute Gasteiger partial charge is 0.150 e. The van der Waals surface area contributed by atoms with Crippen molar-refractivity contribution in [3.8, 4) is 11.3 Å². The molecule has 0 aliphatic rings. The lowest BCUT2D eigenvalue weighted by atomic mass is 10.2. The highest BCUT2D eigenvalue weighted by Crippen LogP contribution is 2.24. The molecule has 4 N–H and O–H groups in total. The van der Waals surface area contributed by atoms with Crippen LogP contribution in [0.2, 0.25) is 0 Å². The van der Waals surface area contributed by atoms with Crippen LogP contribution < -0.4 is 11.6 Å². The highest BCUT2D eigenvalue weighted by atomic mass is 15.4. The van der Waals surface area contributed by atoms with Crippen molar-refractivity contribution in [2.75, 3.05) is 11.6 Å². The Morgan fingerprint density at radius 2 is 2.06 bits per heavy atom. The maximum atomic E-state index is 5.99. The predicted molar refractivity (Wildman–Crippen MR) is 72.3 cm³/mol. The summed E-state index contributed by atoms with van der Waals surface area (Å²) in [5, 5.41) is 4.28. The van der Waals surface area contributed by atoms with Gasteiger partial charge in [-0.1, -0.05) is 13.8 Å². The summed E-state index contributed by atoms with van der Waals surface area (Å²) >= 11 is 0. The van der Waals surface area contributed by atoms with Gasteiger partial charge in [-0.3, -0.25) is 4.68 Å². The molecular weight excluding hydrogens is 228 g/mol. The van der Waals surface area contributed by atoms with E-state index in [4.69, 9.17) is 11.6 Å². The highest BCUT2D eigenvalue weighted by molar-refractivity contribution is 5.69. The second-order valence-electron chi connectivity index (χ2n) is 4.37. The van der Waals surface area contributed by atoms with Gasteiger partial charge in [0.2, 0.25) is 0 Å². The van der Waals surface area contributed by atoms with Gasteiger partial charge in [0.25, 0.3) is 0 Å². The molecule has 0 bridgehead atoms. The highest BCUT2D eigenvalue weighted by Gasteiger charge is 2.15. The number of aryl methyl sites for hydroxylation is 2. The Labute approximate surface area is 107 Å². The number of aromatic nitrogens is 4. The average Bonchev–Trinajstić information content (AvgIpc) is 2.90. The molecule has 18 heavy (non-hydrogen) atoms. The minimum Gasteiger partial charge on any atom is -0.382 e. The number of imidazole rings is 1. The van der Waals surface area contributed by atoms with Crippen molar-refractivity contribution in [1.82, 2.24) is 19.4 Å². The van der Waals surface area contributed by atoms with E-state index in [0.717, 1.165) is 42.9 Å². The van der Waals surface area contributed by atoms with Crippen LogP contribution in [-0.2, 0) is 13.0 Å². The molecule has 6 nitrogen and oxygen atoms in total. The first-order valence-electron chi connectivity index (χ1n) is 6.32. The molecule has 0 atom stereocenters. The Bertz CT molecular complexity index is 525. The number of nitrogens with two attached hydrogens (primary N) is 2. The monoisotopic (exact) mass is 248 g/mol. The second kappa shape index (κ2) is 5.12. The lowest BCUT2D eigenvalue weighted by Gasteiger charge is -1.99. The summed E-state index contributed by atoms with van der Waals surface area (Å²) in [7, 11) is 0. The van der Waals surface area contributed by atoms with E-state index in [0.29, 0.717) is 5.82 Å². The molecule has 98 valence electrons. The maximum Gasteiger partial charge on any atom is 0.150 e. The summed E-state index contributed by atoms with van der Waals surface area (Å²) in [5.74, 6) is 7.20. The van der Waals surface area contributed by atoms with Crippen molar-refractivity contribution in [3.05, 3.63) is 18.2 Å². The first kappa shape index (κ1) is 12.5. The lowest BCUT2D eigenvalue weighted by Crippen LogP contribution is -2.15. The first-order chi connectivity index (χ1) is 8.67. The van der Waals surface area contributed by atoms with Crippen molar-refractivity contribution >= 4 is 5.82 Å². The Kier molecular flexibility index (Phi) is 3.55. The van der Waals surface area contributed by atoms with Crippen LogP contribution in [0.1, 0.15) is 32.5 Å². The van der Waals surface area contributed by atoms with E-state index in [1.807, 2.05) is 10.9 Å². The zero-order chi connectivity index (χ0) is 13.1. The topological polar surface area (TPSA) is 87.7 Å². The van der Waals surface area contributed by atoms with E-state index in [2.05, 4.69) is 23.9 Å². The molecule has 6 heteroatoms. The fourth-order valence-corrected chi connectivity index (χ4v) is 1.94. The van der Waals surface area contributed by atoms with Gasteiger partial charge in [-0.2, -0.15) is 5.10 Å². The zero-order valence-corrected chi connectivity index (χ0v) is 10.9. The Morgan fingerprint density at radius 3 is 2.72 bits per heavy atom. The normalized spacial score (nSPS) is 11.0. The van der Waals surface area contributed by atoms with Crippen LogP contribution in [0.4, 0.5) is 5.82 Å². The molecule has 0 aliphatic heterocycles. The van der Waals surface area contributed by atoms with E-state index in [9.17, 15) is 0 Å². The SMILES string of the molecule is CCCc1nc(-c2cnn(CCC)c2)c(N)n1N. The van der Waals surface area contributed by atoms with Crippen LogP contribution >= 0.6 is 0 Å². The maximum absolute atomic E-state index is 5.99. The first-order valence-corrected chi connectivity index (χ1v) is 6.32. The minimum atomic E-state index is 0.495. The molecule has 0 amide bonds. The molecule has 0 saturated heterocycles. The molecule has 0 spiro atoms. The molecule has 0 unspecified atom stereocenters. The molecule has 2 aromatic rings. The molecule has 0 aromatic carbocycles. The Balaban J connectivity index is 2.34. The standard InChI is InChI=1S/C12H20N6/c1-3-5-10-16-11(12(13)18(10)14)9-7-15-17(8-9)6-4-2/h7-8H,3-6,13-14H2,1-2H3. The van der Waals surface area contributed by atoms with Crippen molar-refractivity contribution < 1.29 is 0 Å². The number of hydrogen-bond acceptors (Lipinski definition) is 4. The molecule has 2 heterocycles. The van der Waals surface area contributed by atoms with Crippen molar-refractivity contribution in [2.24, 2.45) is 0 Å². The van der Waals surface area contributed by atoms with E-state index in [1.165, 1.54) is 4.68 Å². The fraction of sp³-hybridized carbons (Fsp3) is 0.500. The molecule has 0 aliphatic carbocycles. The van der Waals surface area contributed by atoms with Gasteiger partial charge in [-0.15, -0.1) is 0 Å². The van der Waals surface area contributed by atoms with Crippen LogP contribution in [0.3, 0.4) is 0 Å². The molecule has 2 aromatic heterocycles. The van der Waals surface area contributed by atoms with E-state index >= 15 is 0 Å².